The van der Waals surface area contributed by atoms with Gasteiger partial charge in [0.25, 0.3) is 11.6 Å². The van der Waals surface area contributed by atoms with E-state index in [1.54, 1.807) is 6.92 Å². The molecule has 1 saturated heterocycles. The molecule has 1 fully saturated rings. The number of hydrogen-bond donors (Lipinski definition) is 2. The van der Waals surface area contributed by atoms with Crippen LogP contribution in [0.3, 0.4) is 0 Å². The summed E-state index contributed by atoms with van der Waals surface area (Å²) in [7, 11) is 0. The SMILES string of the molecule is CCn1cc([N+](=O)[O-])cc1C(=O)N1CC(O)C(O)C1. The van der Waals surface area contributed by atoms with E-state index < -0.39 is 23.0 Å². The molecule has 8 heteroatoms. The highest BCUT2D eigenvalue weighted by Crippen LogP contribution is 2.20. The van der Waals surface area contributed by atoms with Gasteiger partial charge in [0, 0.05) is 25.7 Å². The summed E-state index contributed by atoms with van der Waals surface area (Å²) in [5.74, 6) is -0.425. The normalized spacial score (nSPS) is 22.8. The van der Waals surface area contributed by atoms with Crippen molar-refractivity contribution in [3.63, 3.8) is 0 Å². The van der Waals surface area contributed by atoms with Crippen molar-refractivity contribution in [3.05, 3.63) is 28.1 Å². The van der Waals surface area contributed by atoms with Crippen LogP contribution in [0.2, 0.25) is 0 Å². The topological polar surface area (TPSA) is 109 Å². The molecule has 1 aliphatic heterocycles. The first kappa shape index (κ1) is 13.5. The predicted molar refractivity (Wildman–Crippen MR) is 64.7 cm³/mol. The number of carbonyl (C=O) groups is 1. The van der Waals surface area contributed by atoms with Crippen molar-refractivity contribution >= 4 is 11.6 Å². The highest BCUT2D eigenvalue weighted by Gasteiger charge is 2.34. The molecule has 19 heavy (non-hydrogen) atoms. The molecule has 8 nitrogen and oxygen atoms in total. The Morgan fingerprint density at radius 1 is 1.47 bits per heavy atom. The lowest BCUT2D eigenvalue weighted by atomic mass is 10.3. The summed E-state index contributed by atoms with van der Waals surface area (Å²) in [6.45, 7) is 2.26. The van der Waals surface area contributed by atoms with Crippen molar-refractivity contribution in [1.82, 2.24) is 9.47 Å². The monoisotopic (exact) mass is 269 g/mol. The zero-order valence-electron chi connectivity index (χ0n) is 10.4. The number of aliphatic hydroxyl groups is 2. The van der Waals surface area contributed by atoms with Gasteiger partial charge in [-0.25, -0.2) is 0 Å². The first-order valence-corrected chi connectivity index (χ1v) is 5.94. The van der Waals surface area contributed by atoms with Crippen LogP contribution in [0, 0.1) is 10.1 Å². The van der Waals surface area contributed by atoms with E-state index in [1.165, 1.54) is 21.7 Å². The number of nitro groups is 1. The average molecular weight is 269 g/mol. The molecule has 2 N–H and O–H groups in total. The molecule has 0 spiro atoms. The van der Waals surface area contributed by atoms with Crippen molar-refractivity contribution in [2.24, 2.45) is 0 Å². The Morgan fingerprint density at radius 2 is 2.05 bits per heavy atom. The van der Waals surface area contributed by atoms with Crippen LogP contribution in [0.25, 0.3) is 0 Å². The number of β-amino-alcohol motifs (C(OH)–C–C–N with tert-alkyl or cyclic N) is 2. The molecule has 1 aromatic rings. The first-order valence-electron chi connectivity index (χ1n) is 5.94. The summed E-state index contributed by atoms with van der Waals surface area (Å²) in [6, 6.07) is 1.21. The van der Waals surface area contributed by atoms with Gasteiger partial charge >= 0.3 is 0 Å². The number of nitrogens with zero attached hydrogens (tertiary/aromatic N) is 3. The largest absolute Gasteiger partial charge is 0.388 e. The second kappa shape index (κ2) is 4.98. The Balaban J connectivity index is 2.26. The maximum Gasteiger partial charge on any atom is 0.287 e. The number of hydrogen-bond acceptors (Lipinski definition) is 5. The predicted octanol–water partition coefficient (Wildman–Crippen LogP) is -0.406. The molecule has 1 aliphatic rings. The van der Waals surface area contributed by atoms with Crippen LogP contribution in [0.15, 0.2) is 12.3 Å². The molecule has 104 valence electrons. The molecule has 2 heterocycles. The quantitative estimate of drug-likeness (QED) is 0.573. The van der Waals surface area contributed by atoms with Gasteiger partial charge in [-0.05, 0) is 6.92 Å². The molecule has 0 radical (unpaired) electrons. The van der Waals surface area contributed by atoms with Gasteiger partial charge in [0.15, 0.2) is 0 Å². The number of aryl methyl sites for hydroxylation is 1. The van der Waals surface area contributed by atoms with Crippen LogP contribution in [-0.2, 0) is 6.54 Å². The van der Waals surface area contributed by atoms with E-state index >= 15 is 0 Å². The smallest absolute Gasteiger partial charge is 0.287 e. The Bertz CT molecular complexity index is 502. The number of aliphatic hydroxyl groups excluding tert-OH is 2. The minimum Gasteiger partial charge on any atom is -0.388 e. The third-order valence-corrected chi connectivity index (χ3v) is 3.20. The summed E-state index contributed by atoms with van der Waals surface area (Å²) in [6.07, 6.45) is -0.635. The summed E-state index contributed by atoms with van der Waals surface area (Å²) in [5, 5.41) is 29.6. The van der Waals surface area contributed by atoms with E-state index in [0.29, 0.717) is 6.54 Å². The highest BCUT2D eigenvalue weighted by atomic mass is 16.6. The Kier molecular flexibility index (Phi) is 3.54. The van der Waals surface area contributed by atoms with E-state index in [0.717, 1.165) is 0 Å². The lowest BCUT2D eigenvalue weighted by Crippen LogP contribution is -2.31. The Morgan fingerprint density at radius 3 is 2.53 bits per heavy atom. The Hall–Kier alpha value is -1.93. The molecular formula is C11H15N3O5. The summed E-state index contributed by atoms with van der Waals surface area (Å²) in [5.41, 5.74) is 0.0426. The minimum absolute atomic E-state index is 0.0304. The van der Waals surface area contributed by atoms with Crippen molar-refractivity contribution in [3.8, 4) is 0 Å². The van der Waals surface area contributed by atoms with E-state index in [9.17, 15) is 25.1 Å². The highest BCUT2D eigenvalue weighted by molar-refractivity contribution is 5.93. The fourth-order valence-electron chi connectivity index (χ4n) is 2.13. The fourth-order valence-corrected chi connectivity index (χ4v) is 2.13. The Labute approximate surface area is 109 Å². The summed E-state index contributed by atoms with van der Waals surface area (Å²) in [4.78, 5) is 23.7. The zero-order chi connectivity index (χ0) is 14.2. The lowest BCUT2D eigenvalue weighted by molar-refractivity contribution is -0.384. The number of amides is 1. The molecule has 2 rings (SSSR count). The van der Waals surface area contributed by atoms with E-state index in [1.807, 2.05) is 0 Å². The third-order valence-electron chi connectivity index (χ3n) is 3.20. The molecular weight excluding hydrogens is 254 g/mol. The van der Waals surface area contributed by atoms with Crippen LogP contribution in [0.1, 0.15) is 17.4 Å². The first-order chi connectivity index (χ1) is 8.93. The molecule has 1 amide bonds. The van der Waals surface area contributed by atoms with Gasteiger partial charge in [0.1, 0.15) is 5.69 Å². The summed E-state index contributed by atoms with van der Waals surface area (Å²) < 4.78 is 1.48. The minimum atomic E-state index is -0.969. The summed E-state index contributed by atoms with van der Waals surface area (Å²) >= 11 is 0. The van der Waals surface area contributed by atoms with Crippen LogP contribution >= 0.6 is 0 Å². The van der Waals surface area contributed by atoms with Crippen molar-refractivity contribution in [2.45, 2.75) is 25.7 Å². The van der Waals surface area contributed by atoms with Gasteiger partial charge < -0.3 is 19.7 Å². The zero-order valence-corrected chi connectivity index (χ0v) is 10.4. The molecule has 2 unspecified atom stereocenters. The maximum atomic E-state index is 12.2. The second-order valence-electron chi connectivity index (χ2n) is 4.47. The molecule has 0 aliphatic carbocycles. The molecule has 0 saturated carbocycles. The maximum absolute atomic E-state index is 12.2. The third kappa shape index (κ3) is 2.45. The van der Waals surface area contributed by atoms with Crippen LogP contribution < -0.4 is 0 Å². The van der Waals surface area contributed by atoms with E-state index in [2.05, 4.69) is 0 Å². The molecule has 1 aromatic heterocycles. The van der Waals surface area contributed by atoms with Gasteiger partial charge in [-0.1, -0.05) is 0 Å². The van der Waals surface area contributed by atoms with Gasteiger partial charge in [-0.15, -0.1) is 0 Å². The average Bonchev–Trinajstić information content (AvgIpc) is 2.93. The van der Waals surface area contributed by atoms with Crippen LogP contribution in [0.5, 0.6) is 0 Å². The fraction of sp³-hybridized carbons (Fsp3) is 0.545. The lowest BCUT2D eigenvalue weighted by Gasteiger charge is -2.16. The number of aromatic nitrogens is 1. The van der Waals surface area contributed by atoms with Crippen molar-refractivity contribution in [2.75, 3.05) is 13.1 Å². The standard InChI is InChI=1S/C11H15N3O5/c1-2-12-4-7(14(18)19)3-8(12)11(17)13-5-9(15)10(16)6-13/h3-4,9-10,15-16H,2,5-6H2,1H3. The number of rotatable bonds is 3. The van der Waals surface area contributed by atoms with Crippen molar-refractivity contribution < 1.29 is 19.9 Å². The number of likely N-dealkylation sites (tertiary alicyclic amines) is 1. The van der Waals surface area contributed by atoms with Gasteiger partial charge in [0.2, 0.25) is 0 Å². The van der Waals surface area contributed by atoms with Crippen LogP contribution in [0.4, 0.5) is 5.69 Å². The molecule has 0 bridgehead atoms. The van der Waals surface area contributed by atoms with E-state index in [-0.39, 0.29) is 24.5 Å². The van der Waals surface area contributed by atoms with Crippen LogP contribution in [-0.4, -0.2) is 55.8 Å². The van der Waals surface area contributed by atoms with Gasteiger partial charge in [0.05, 0.1) is 23.3 Å². The van der Waals surface area contributed by atoms with Gasteiger partial charge in [-0.3, -0.25) is 14.9 Å². The molecule has 0 aromatic carbocycles. The molecule has 2 atom stereocenters. The van der Waals surface area contributed by atoms with E-state index in [4.69, 9.17) is 0 Å². The number of carbonyl (C=O) groups excluding carboxylic acids is 1. The van der Waals surface area contributed by atoms with Gasteiger partial charge in [-0.2, -0.15) is 0 Å². The second-order valence-corrected chi connectivity index (χ2v) is 4.47. The van der Waals surface area contributed by atoms with Crippen molar-refractivity contribution in [1.29, 1.82) is 0 Å².